The lowest BCUT2D eigenvalue weighted by molar-refractivity contribution is -0.386. The monoisotopic (exact) mass is 365 g/mol. The van der Waals surface area contributed by atoms with Crippen molar-refractivity contribution in [1.82, 2.24) is 9.97 Å². The molecular weight excluding hydrogens is 350 g/mol. The second-order valence-corrected chi connectivity index (χ2v) is 5.82. The van der Waals surface area contributed by atoms with Crippen LogP contribution in [0.4, 0.5) is 5.69 Å². The summed E-state index contributed by atoms with van der Waals surface area (Å²) in [5, 5.41) is 21.1. The van der Waals surface area contributed by atoms with E-state index in [0.29, 0.717) is 12.0 Å². The summed E-state index contributed by atoms with van der Waals surface area (Å²) in [6, 6.07) is 14.8. The van der Waals surface area contributed by atoms with Crippen LogP contribution in [-0.2, 0) is 6.42 Å². The van der Waals surface area contributed by atoms with Gasteiger partial charge in [0.1, 0.15) is 11.4 Å². The van der Waals surface area contributed by atoms with E-state index in [2.05, 4.69) is 4.98 Å². The molecule has 0 spiro atoms. The number of nitrogens with one attached hydrogen (secondary N) is 2. The first-order valence-electron chi connectivity index (χ1n) is 7.99. The Morgan fingerprint density at radius 2 is 1.74 bits per heavy atom. The Kier molecular flexibility index (Phi) is 4.98. The Morgan fingerprint density at radius 3 is 2.44 bits per heavy atom. The number of hydrogen-bond acceptors (Lipinski definition) is 5. The Hall–Kier alpha value is -3.94. The van der Waals surface area contributed by atoms with E-state index in [4.69, 9.17) is 0 Å². The van der Waals surface area contributed by atoms with Crippen molar-refractivity contribution in [2.75, 3.05) is 0 Å². The van der Waals surface area contributed by atoms with Crippen molar-refractivity contribution in [2.45, 2.75) is 6.42 Å². The zero-order valence-electron chi connectivity index (χ0n) is 14.0. The zero-order valence-corrected chi connectivity index (χ0v) is 14.0. The first-order valence-corrected chi connectivity index (χ1v) is 7.99. The molecule has 0 aliphatic rings. The minimum atomic E-state index is -1.09. The second kappa shape index (κ2) is 7.52. The highest BCUT2D eigenvalue weighted by atomic mass is 16.6. The molecule has 0 saturated heterocycles. The first-order chi connectivity index (χ1) is 12.9. The number of rotatable bonds is 5. The number of hydrogen-bond donors (Lipinski definition) is 3. The Morgan fingerprint density at radius 1 is 1.00 bits per heavy atom. The molecule has 8 heteroatoms. The summed E-state index contributed by atoms with van der Waals surface area (Å²) in [6.07, 6.45) is 3.27. The highest BCUT2D eigenvalue weighted by Gasteiger charge is 2.18. The van der Waals surface area contributed by atoms with Gasteiger partial charge in [-0.2, -0.15) is 0 Å². The number of aromatic hydroxyl groups is 1. The van der Waals surface area contributed by atoms with E-state index >= 15 is 0 Å². The summed E-state index contributed by atoms with van der Waals surface area (Å²) in [5.74, 6) is -0.0297. The molecule has 0 aliphatic heterocycles. The lowest BCUT2D eigenvalue weighted by Gasteiger charge is -2.05. The van der Waals surface area contributed by atoms with Crippen LogP contribution in [0, 0.1) is 10.1 Å². The summed E-state index contributed by atoms with van der Waals surface area (Å²) in [6.45, 7) is 0. The largest absolute Gasteiger partial charge is 0.507 e. The Balaban J connectivity index is 1.96. The van der Waals surface area contributed by atoms with Crippen molar-refractivity contribution in [3.63, 3.8) is 0 Å². The molecule has 3 N–H and O–H groups in total. The lowest BCUT2D eigenvalue weighted by atomic mass is 10.0. The fourth-order valence-electron chi connectivity index (χ4n) is 2.65. The van der Waals surface area contributed by atoms with Gasteiger partial charge < -0.3 is 10.1 Å². The molecule has 3 aromatic rings. The number of phenolic OH excluding ortho intramolecular Hbond substituents is 1. The highest BCUT2D eigenvalue weighted by Crippen LogP contribution is 2.23. The number of nitrogens with zero attached hydrogens (tertiary/aromatic N) is 1. The second-order valence-electron chi connectivity index (χ2n) is 5.82. The molecule has 1 aromatic heterocycles. The molecule has 3 rings (SSSR count). The van der Waals surface area contributed by atoms with Crippen LogP contribution in [0.3, 0.4) is 0 Å². The molecule has 0 aliphatic carbocycles. The van der Waals surface area contributed by atoms with Gasteiger partial charge in [-0.15, -0.1) is 0 Å². The van der Waals surface area contributed by atoms with E-state index in [1.54, 1.807) is 12.1 Å². The minimum Gasteiger partial charge on any atom is -0.507 e. The van der Waals surface area contributed by atoms with Gasteiger partial charge in [-0.25, -0.2) is 4.79 Å². The van der Waals surface area contributed by atoms with E-state index in [1.165, 1.54) is 18.2 Å². The van der Waals surface area contributed by atoms with E-state index in [0.717, 1.165) is 11.1 Å². The van der Waals surface area contributed by atoms with Crippen LogP contribution in [0.1, 0.15) is 22.4 Å². The molecule has 0 radical (unpaired) electrons. The van der Waals surface area contributed by atoms with Crippen LogP contribution >= 0.6 is 0 Å². The van der Waals surface area contributed by atoms with Gasteiger partial charge in [-0.05, 0) is 41.8 Å². The molecule has 2 aromatic carbocycles. The predicted molar refractivity (Wildman–Crippen MR) is 101 cm³/mol. The molecule has 1 heterocycles. The first kappa shape index (κ1) is 17.9. The van der Waals surface area contributed by atoms with Crippen LogP contribution in [0.5, 0.6) is 5.75 Å². The van der Waals surface area contributed by atoms with Gasteiger partial charge >= 0.3 is 16.9 Å². The third-order valence-electron chi connectivity index (χ3n) is 3.90. The number of phenols is 1. The van der Waals surface area contributed by atoms with Crippen molar-refractivity contribution < 1.29 is 10.0 Å². The smallest absolute Gasteiger partial charge is 0.357 e. The molecule has 8 nitrogen and oxygen atoms in total. The summed E-state index contributed by atoms with van der Waals surface area (Å²) in [5.41, 5.74) is -0.552. The van der Waals surface area contributed by atoms with E-state index in [1.807, 2.05) is 35.3 Å². The highest BCUT2D eigenvalue weighted by molar-refractivity contribution is 5.74. The van der Waals surface area contributed by atoms with Crippen LogP contribution < -0.4 is 11.2 Å². The molecule has 27 heavy (non-hydrogen) atoms. The fourth-order valence-corrected chi connectivity index (χ4v) is 2.65. The van der Waals surface area contributed by atoms with Gasteiger partial charge in [-0.1, -0.05) is 36.4 Å². The summed E-state index contributed by atoms with van der Waals surface area (Å²) in [7, 11) is 0. The fraction of sp³-hybridized carbons (Fsp3) is 0.0526. The van der Waals surface area contributed by atoms with E-state index in [-0.39, 0.29) is 11.4 Å². The van der Waals surface area contributed by atoms with E-state index < -0.39 is 21.9 Å². The average Bonchev–Trinajstić information content (AvgIpc) is 2.62. The van der Waals surface area contributed by atoms with E-state index in [9.17, 15) is 24.8 Å². The zero-order chi connectivity index (χ0) is 19.4. The van der Waals surface area contributed by atoms with Gasteiger partial charge in [-0.3, -0.25) is 19.9 Å². The Bertz CT molecular complexity index is 1130. The normalized spacial score (nSPS) is 11.0. The van der Waals surface area contributed by atoms with Crippen LogP contribution in [0.2, 0.25) is 0 Å². The Labute approximate surface area is 152 Å². The number of nitro groups is 1. The van der Waals surface area contributed by atoms with Gasteiger partial charge in [0.2, 0.25) is 0 Å². The minimum absolute atomic E-state index is 0.0297. The summed E-state index contributed by atoms with van der Waals surface area (Å²) < 4.78 is 0. The maximum Gasteiger partial charge on any atom is 0.357 e. The van der Waals surface area contributed by atoms with Gasteiger partial charge in [0.05, 0.1) is 4.92 Å². The van der Waals surface area contributed by atoms with Gasteiger partial charge in [0, 0.05) is 5.56 Å². The van der Waals surface area contributed by atoms with Crippen molar-refractivity contribution in [3.05, 3.63) is 102 Å². The molecule has 0 unspecified atom stereocenters. The number of aromatic nitrogens is 2. The van der Waals surface area contributed by atoms with Crippen molar-refractivity contribution in [1.29, 1.82) is 0 Å². The SMILES string of the molecule is O=c1[nH]c(C=Cc2cc(Cc3ccccc3)ccc2O)c([N+](=O)[O-])c(=O)[nH]1. The van der Waals surface area contributed by atoms with Crippen LogP contribution in [0.15, 0.2) is 58.1 Å². The number of benzene rings is 2. The maximum absolute atomic E-state index is 11.6. The predicted octanol–water partition coefficient (Wildman–Crippen LogP) is 2.44. The molecule has 0 saturated carbocycles. The van der Waals surface area contributed by atoms with Gasteiger partial charge in [0.15, 0.2) is 0 Å². The van der Waals surface area contributed by atoms with Crippen molar-refractivity contribution in [2.24, 2.45) is 0 Å². The van der Waals surface area contributed by atoms with Crippen molar-refractivity contribution in [3.8, 4) is 5.75 Å². The summed E-state index contributed by atoms with van der Waals surface area (Å²) in [4.78, 5) is 37.3. The number of aromatic amines is 2. The topological polar surface area (TPSA) is 129 Å². The maximum atomic E-state index is 11.6. The third-order valence-corrected chi connectivity index (χ3v) is 3.90. The van der Waals surface area contributed by atoms with Crippen molar-refractivity contribution >= 4 is 17.8 Å². The number of H-pyrrole nitrogens is 2. The lowest BCUT2D eigenvalue weighted by Crippen LogP contribution is -2.25. The molecule has 0 amide bonds. The molecule has 136 valence electrons. The molecule has 0 bridgehead atoms. The average molecular weight is 365 g/mol. The molecule has 0 fully saturated rings. The molecule has 0 atom stereocenters. The summed E-state index contributed by atoms with van der Waals surface area (Å²) >= 11 is 0. The third kappa shape index (κ3) is 4.18. The van der Waals surface area contributed by atoms with Gasteiger partial charge in [0.25, 0.3) is 0 Å². The quantitative estimate of drug-likeness (QED) is 0.472. The van der Waals surface area contributed by atoms with Crippen LogP contribution in [0.25, 0.3) is 12.2 Å². The van der Waals surface area contributed by atoms with Crippen LogP contribution in [-0.4, -0.2) is 20.0 Å². The molecular formula is C19H15N3O5. The standard InChI is InChI=1S/C19H15N3O5/c23-16-9-6-13(10-12-4-2-1-3-5-12)11-14(16)7-8-15-17(22(26)27)18(24)21-19(25)20-15/h1-9,11,23H,10H2,(H2,20,21,24,25).